The Morgan fingerprint density at radius 1 is 1.44 bits per heavy atom. The highest BCUT2D eigenvalue weighted by atomic mass is 32.1. The number of rotatable bonds is 5. The summed E-state index contributed by atoms with van der Waals surface area (Å²) in [6.07, 6.45) is 0. The van der Waals surface area contributed by atoms with Gasteiger partial charge in [0, 0.05) is 32.2 Å². The summed E-state index contributed by atoms with van der Waals surface area (Å²) < 4.78 is 22.2. The van der Waals surface area contributed by atoms with Gasteiger partial charge in [-0.05, 0) is 17.7 Å². The average Bonchev–Trinajstić information content (AvgIpc) is 2.78. The molecule has 2 aromatic rings. The van der Waals surface area contributed by atoms with Gasteiger partial charge in [0.2, 0.25) is 5.13 Å². The lowest BCUT2D eigenvalue weighted by Crippen LogP contribution is -2.16. The minimum atomic E-state index is -0.224. The maximum atomic E-state index is 13.1. The molecule has 2 rings (SSSR count). The fourth-order valence-corrected chi connectivity index (χ4v) is 2.20. The monoisotopic (exact) mass is 267 g/mol. The molecule has 1 heterocycles. The zero-order valence-electron chi connectivity index (χ0n) is 10.3. The van der Waals surface area contributed by atoms with Crippen LogP contribution in [0.1, 0.15) is 11.4 Å². The molecule has 0 aliphatic rings. The molecule has 0 atom stereocenters. The zero-order valence-corrected chi connectivity index (χ0v) is 11.1. The molecule has 0 aliphatic heterocycles. The van der Waals surface area contributed by atoms with Gasteiger partial charge in [-0.2, -0.15) is 4.37 Å². The highest BCUT2D eigenvalue weighted by Crippen LogP contribution is 2.18. The molecule has 1 aromatic heterocycles. The van der Waals surface area contributed by atoms with Gasteiger partial charge in [0.15, 0.2) is 5.82 Å². The second-order valence-electron chi connectivity index (χ2n) is 3.91. The summed E-state index contributed by atoms with van der Waals surface area (Å²) in [5.41, 5.74) is 0.904. The molecule has 0 saturated heterocycles. The van der Waals surface area contributed by atoms with Crippen LogP contribution in [-0.4, -0.2) is 23.5 Å². The SMILES string of the molecule is COCc1nsc(N(C)Cc2cccc(F)c2)n1. The number of ether oxygens (including phenoxy) is 1. The van der Waals surface area contributed by atoms with Gasteiger partial charge >= 0.3 is 0 Å². The summed E-state index contributed by atoms with van der Waals surface area (Å²) in [6, 6.07) is 6.55. The van der Waals surface area contributed by atoms with Crippen LogP contribution in [-0.2, 0) is 17.9 Å². The van der Waals surface area contributed by atoms with Crippen molar-refractivity contribution in [3.05, 3.63) is 41.5 Å². The van der Waals surface area contributed by atoms with E-state index >= 15 is 0 Å². The predicted octanol–water partition coefficient (Wildman–Crippen LogP) is 2.46. The van der Waals surface area contributed by atoms with Crippen molar-refractivity contribution in [3.63, 3.8) is 0 Å². The Balaban J connectivity index is 2.04. The van der Waals surface area contributed by atoms with Crippen molar-refractivity contribution >= 4 is 16.7 Å². The Kier molecular flexibility index (Phi) is 4.22. The van der Waals surface area contributed by atoms with Gasteiger partial charge in [-0.3, -0.25) is 0 Å². The Labute approximate surface area is 109 Å². The van der Waals surface area contributed by atoms with Crippen LogP contribution in [0.2, 0.25) is 0 Å². The standard InChI is InChI=1S/C12H14FN3OS/c1-16(7-9-4-3-5-10(13)6-9)12-14-11(8-17-2)15-18-12/h3-6H,7-8H2,1-2H3. The summed E-state index contributed by atoms with van der Waals surface area (Å²) in [6.45, 7) is 1.00. The molecule has 96 valence electrons. The number of methoxy groups -OCH3 is 1. The molecule has 0 bridgehead atoms. The molecule has 0 aliphatic carbocycles. The summed E-state index contributed by atoms with van der Waals surface area (Å²) in [7, 11) is 3.51. The van der Waals surface area contributed by atoms with Crippen LogP contribution in [0.15, 0.2) is 24.3 Å². The number of hydrogen-bond donors (Lipinski definition) is 0. The lowest BCUT2D eigenvalue weighted by atomic mass is 10.2. The van der Waals surface area contributed by atoms with Crippen LogP contribution in [0.5, 0.6) is 0 Å². The molecule has 0 amide bonds. The van der Waals surface area contributed by atoms with Gasteiger partial charge in [0.1, 0.15) is 12.4 Å². The third-order valence-corrected chi connectivity index (χ3v) is 3.23. The fourth-order valence-electron chi connectivity index (χ4n) is 1.56. The highest BCUT2D eigenvalue weighted by Gasteiger charge is 2.09. The third-order valence-electron chi connectivity index (χ3n) is 2.37. The summed E-state index contributed by atoms with van der Waals surface area (Å²) >= 11 is 1.31. The van der Waals surface area contributed by atoms with Gasteiger partial charge in [0.25, 0.3) is 0 Å². The van der Waals surface area contributed by atoms with Crippen molar-refractivity contribution in [1.82, 2.24) is 9.36 Å². The third kappa shape index (κ3) is 3.24. The first-order valence-corrected chi connectivity index (χ1v) is 6.23. The number of halogens is 1. The Morgan fingerprint density at radius 2 is 2.28 bits per heavy atom. The van der Waals surface area contributed by atoms with E-state index in [9.17, 15) is 4.39 Å². The van der Waals surface area contributed by atoms with Crippen LogP contribution in [0.4, 0.5) is 9.52 Å². The molecule has 0 radical (unpaired) electrons. The van der Waals surface area contributed by atoms with Crippen LogP contribution in [0.25, 0.3) is 0 Å². The molecule has 0 spiro atoms. The molecular weight excluding hydrogens is 253 g/mol. The molecule has 1 aromatic carbocycles. The molecule has 0 N–H and O–H groups in total. The van der Waals surface area contributed by atoms with Crippen LogP contribution in [0.3, 0.4) is 0 Å². The molecule has 6 heteroatoms. The van der Waals surface area contributed by atoms with Crippen molar-refractivity contribution in [2.45, 2.75) is 13.2 Å². The Bertz CT molecular complexity index is 518. The number of benzene rings is 1. The van der Waals surface area contributed by atoms with E-state index in [1.54, 1.807) is 13.2 Å². The predicted molar refractivity (Wildman–Crippen MR) is 69.1 cm³/mol. The first-order chi connectivity index (χ1) is 8.69. The summed E-state index contributed by atoms with van der Waals surface area (Å²) in [5.74, 6) is 0.446. The lowest BCUT2D eigenvalue weighted by Gasteiger charge is -2.14. The quantitative estimate of drug-likeness (QED) is 0.834. The lowest BCUT2D eigenvalue weighted by molar-refractivity contribution is 0.179. The van der Waals surface area contributed by atoms with Gasteiger partial charge in [-0.15, -0.1) is 0 Å². The number of aromatic nitrogens is 2. The van der Waals surface area contributed by atoms with Crippen LogP contribution >= 0.6 is 11.5 Å². The Hall–Kier alpha value is -1.53. The summed E-state index contributed by atoms with van der Waals surface area (Å²) in [4.78, 5) is 6.27. The van der Waals surface area contributed by atoms with Crippen LogP contribution < -0.4 is 4.90 Å². The van der Waals surface area contributed by atoms with Crippen molar-refractivity contribution in [3.8, 4) is 0 Å². The van der Waals surface area contributed by atoms with E-state index in [1.807, 2.05) is 18.0 Å². The van der Waals surface area contributed by atoms with E-state index < -0.39 is 0 Å². The van der Waals surface area contributed by atoms with E-state index in [-0.39, 0.29) is 5.82 Å². The number of nitrogens with zero attached hydrogens (tertiary/aromatic N) is 3. The summed E-state index contributed by atoms with van der Waals surface area (Å²) in [5, 5.41) is 0.798. The second kappa shape index (κ2) is 5.88. The van der Waals surface area contributed by atoms with Crippen LogP contribution in [0, 0.1) is 5.82 Å². The minimum absolute atomic E-state index is 0.224. The van der Waals surface area contributed by atoms with E-state index in [0.717, 1.165) is 10.7 Å². The van der Waals surface area contributed by atoms with Crippen molar-refractivity contribution in [1.29, 1.82) is 0 Å². The normalized spacial score (nSPS) is 10.6. The molecule has 0 saturated carbocycles. The first-order valence-electron chi connectivity index (χ1n) is 5.46. The van der Waals surface area contributed by atoms with E-state index in [4.69, 9.17) is 4.74 Å². The topological polar surface area (TPSA) is 38.2 Å². The first kappa shape index (κ1) is 12.9. The number of hydrogen-bond acceptors (Lipinski definition) is 5. The highest BCUT2D eigenvalue weighted by molar-refractivity contribution is 7.09. The van der Waals surface area contributed by atoms with Gasteiger partial charge in [-0.1, -0.05) is 12.1 Å². The van der Waals surface area contributed by atoms with Crippen molar-refractivity contribution in [2.24, 2.45) is 0 Å². The van der Waals surface area contributed by atoms with Crippen molar-refractivity contribution < 1.29 is 9.13 Å². The molecule has 18 heavy (non-hydrogen) atoms. The minimum Gasteiger partial charge on any atom is -0.377 e. The van der Waals surface area contributed by atoms with E-state index in [1.165, 1.54) is 23.7 Å². The van der Waals surface area contributed by atoms with Crippen molar-refractivity contribution in [2.75, 3.05) is 19.1 Å². The van der Waals surface area contributed by atoms with Gasteiger partial charge in [0.05, 0.1) is 0 Å². The van der Waals surface area contributed by atoms with Gasteiger partial charge in [-0.25, -0.2) is 9.37 Å². The van der Waals surface area contributed by atoms with E-state index in [2.05, 4.69) is 9.36 Å². The molecule has 0 unspecified atom stereocenters. The largest absolute Gasteiger partial charge is 0.377 e. The maximum Gasteiger partial charge on any atom is 0.205 e. The smallest absolute Gasteiger partial charge is 0.205 e. The second-order valence-corrected chi connectivity index (χ2v) is 4.64. The maximum absolute atomic E-state index is 13.1. The van der Waals surface area contributed by atoms with E-state index in [0.29, 0.717) is 19.0 Å². The molecule has 0 fully saturated rings. The number of anilines is 1. The average molecular weight is 267 g/mol. The molecule has 4 nitrogen and oxygen atoms in total. The fraction of sp³-hybridized carbons (Fsp3) is 0.333. The zero-order chi connectivity index (χ0) is 13.0. The van der Waals surface area contributed by atoms with Gasteiger partial charge < -0.3 is 9.64 Å². The molecular formula is C12H14FN3OS. The Morgan fingerprint density at radius 3 is 3.00 bits per heavy atom.